The molecule has 1 aliphatic rings. The highest BCUT2D eigenvalue weighted by molar-refractivity contribution is 5.94. The van der Waals surface area contributed by atoms with Crippen LogP contribution in [-0.4, -0.2) is 34.6 Å². The number of amides is 1. The maximum absolute atomic E-state index is 12.6. The van der Waals surface area contributed by atoms with Gasteiger partial charge in [-0.3, -0.25) is 4.79 Å². The van der Waals surface area contributed by atoms with E-state index < -0.39 is 0 Å². The van der Waals surface area contributed by atoms with Gasteiger partial charge >= 0.3 is 0 Å². The summed E-state index contributed by atoms with van der Waals surface area (Å²) in [5.74, 6) is 0.864. The molecule has 0 saturated carbocycles. The molecule has 2 aromatic carbocycles. The number of nitrogens with zero attached hydrogens (tertiary/aromatic N) is 1. The van der Waals surface area contributed by atoms with Gasteiger partial charge in [-0.25, -0.2) is 0 Å². The molecule has 0 spiro atoms. The van der Waals surface area contributed by atoms with Crippen LogP contribution in [-0.2, 0) is 6.61 Å². The zero-order valence-electron chi connectivity index (χ0n) is 13.9. The molecule has 0 aromatic heterocycles. The van der Waals surface area contributed by atoms with E-state index in [1.54, 1.807) is 0 Å². The van der Waals surface area contributed by atoms with Crippen molar-refractivity contribution in [2.24, 2.45) is 0 Å². The van der Waals surface area contributed by atoms with Crippen LogP contribution in [0.4, 0.5) is 0 Å². The fourth-order valence-corrected chi connectivity index (χ4v) is 3.04. The lowest BCUT2D eigenvalue weighted by molar-refractivity contribution is 0.0365. The van der Waals surface area contributed by atoms with E-state index in [-0.39, 0.29) is 18.1 Å². The van der Waals surface area contributed by atoms with Crippen molar-refractivity contribution < 1.29 is 14.6 Å². The average molecular weight is 325 g/mol. The summed E-state index contributed by atoms with van der Waals surface area (Å²) in [4.78, 5) is 14.5. The van der Waals surface area contributed by atoms with Gasteiger partial charge in [0.25, 0.3) is 5.91 Å². The van der Waals surface area contributed by atoms with Crippen molar-refractivity contribution in [3.63, 3.8) is 0 Å². The summed E-state index contributed by atoms with van der Waals surface area (Å²) in [6.07, 6.45) is 1.01. The first kappa shape index (κ1) is 16.5. The van der Waals surface area contributed by atoms with E-state index in [1.165, 1.54) is 0 Å². The molecule has 1 aliphatic heterocycles. The van der Waals surface area contributed by atoms with E-state index in [0.717, 1.165) is 11.3 Å². The largest absolute Gasteiger partial charge is 0.489 e. The third kappa shape index (κ3) is 3.95. The van der Waals surface area contributed by atoms with Crippen LogP contribution in [0, 0.1) is 0 Å². The van der Waals surface area contributed by atoms with Gasteiger partial charge in [0.2, 0.25) is 0 Å². The highest BCUT2D eigenvalue weighted by Crippen LogP contribution is 2.20. The Bertz CT molecular complexity index is 669. The van der Waals surface area contributed by atoms with Crippen LogP contribution in [0.3, 0.4) is 0 Å². The molecule has 1 amide bonds. The first-order valence-electron chi connectivity index (χ1n) is 8.39. The Morgan fingerprint density at radius 3 is 2.54 bits per heavy atom. The second kappa shape index (κ2) is 7.49. The predicted molar refractivity (Wildman–Crippen MR) is 93.0 cm³/mol. The average Bonchev–Trinajstić information content (AvgIpc) is 2.61. The lowest BCUT2D eigenvalue weighted by Crippen LogP contribution is -2.46. The molecule has 1 N–H and O–H groups in total. The number of carbonyl (C=O) groups is 1. The Hall–Kier alpha value is -2.33. The molecule has 1 heterocycles. The normalized spacial score (nSPS) is 20.7. The lowest BCUT2D eigenvalue weighted by atomic mass is 9.99. The topological polar surface area (TPSA) is 49.8 Å². The van der Waals surface area contributed by atoms with Gasteiger partial charge in [-0.1, -0.05) is 30.3 Å². The summed E-state index contributed by atoms with van der Waals surface area (Å²) in [5.41, 5.74) is 1.71. The van der Waals surface area contributed by atoms with Crippen LogP contribution in [0.15, 0.2) is 54.6 Å². The van der Waals surface area contributed by atoms with E-state index in [0.29, 0.717) is 31.6 Å². The zero-order chi connectivity index (χ0) is 16.9. The molecular formula is C20H23NO3. The van der Waals surface area contributed by atoms with Crippen LogP contribution in [0.5, 0.6) is 5.75 Å². The minimum absolute atomic E-state index is 0.0323. The monoisotopic (exact) mass is 325 g/mol. The van der Waals surface area contributed by atoms with Crippen molar-refractivity contribution in [2.45, 2.75) is 38.5 Å². The highest BCUT2D eigenvalue weighted by Gasteiger charge is 2.28. The Labute approximate surface area is 142 Å². The van der Waals surface area contributed by atoms with Gasteiger partial charge in [0.05, 0.1) is 6.10 Å². The van der Waals surface area contributed by atoms with Crippen LogP contribution < -0.4 is 4.74 Å². The standard InChI is InChI=1S/C20H23NO3/c1-15-13-18(22)11-12-21(15)20(23)17-9-7-16(8-10-17)14-24-19-5-3-2-4-6-19/h2-10,15,18,22H,11-14H2,1H3/t15-,18+/m1/s1. The summed E-state index contributed by atoms with van der Waals surface area (Å²) in [6, 6.07) is 17.3. The van der Waals surface area contributed by atoms with Crippen LogP contribution in [0.1, 0.15) is 35.7 Å². The summed E-state index contributed by atoms with van der Waals surface area (Å²) in [5, 5.41) is 9.69. The minimum Gasteiger partial charge on any atom is -0.489 e. The fourth-order valence-electron chi connectivity index (χ4n) is 3.04. The zero-order valence-corrected chi connectivity index (χ0v) is 13.9. The maximum atomic E-state index is 12.6. The molecule has 0 bridgehead atoms. The molecule has 1 saturated heterocycles. The second-order valence-electron chi connectivity index (χ2n) is 6.32. The van der Waals surface area contributed by atoms with E-state index in [1.807, 2.05) is 66.4 Å². The van der Waals surface area contributed by atoms with E-state index in [9.17, 15) is 9.90 Å². The molecule has 126 valence electrons. The van der Waals surface area contributed by atoms with Gasteiger partial charge in [0, 0.05) is 18.2 Å². The van der Waals surface area contributed by atoms with Gasteiger partial charge in [-0.15, -0.1) is 0 Å². The third-order valence-electron chi connectivity index (χ3n) is 4.46. The van der Waals surface area contributed by atoms with Gasteiger partial charge in [0.15, 0.2) is 0 Å². The van der Waals surface area contributed by atoms with Crippen LogP contribution in [0.25, 0.3) is 0 Å². The molecule has 0 unspecified atom stereocenters. The molecule has 0 radical (unpaired) electrons. The van der Waals surface area contributed by atoms with Gasteiger partial charge in [0.1, 0.15) is 12.4 Å². The number of hydrogen-bond donors (Lipinski definition) is 1. The van der Waals surface area contributed by atoms with Gasteiger partial charge in [-0.05, 0) is 49.6 Å². The first-order valence-corrected chi connectivity index (χ1v) is 8.39. The number of aliphatic hydroxyl groups excluding tert-OH is 1. The SMILES string of the molecule is C[C@@H]1C[C@@H](O)CCN1C(=O)c1ccc(COc2ccccc2)cc1. The Balaban J connectivity index is 1.60. The quantitative estimate of drug-likeness (QED) is 0.939. The number of para-hydroxylation sites is 1. The lowest BCUT2D eigenvalue weighted by Gasteiger charge is -2.36. The number of ether oxygens (including phenoxy) is 1. The number of rotatable bonds is 4. The fraction of sp³-hybridized carbons (Fsp3) is 0.350. The Morgan fingerprint density at radius 1 is 1.17 bits per heavy atom. The molecule has 24 heavy (non-hydrogen) atoms. The predicted octanol–water partition coefficient (Wildman–Crippen LogP) is 3.25. The van der Waals surface area contributed by atoms with Crippen LogP contribution in [0.2, 0.25) is 0 Å². The summed E-state index contributed by atoms with van der Waals surface area (Å²) in [7, 11) is 0. The highest BCUT2D eigenvalue weighted by atomic mass is 16.5. The van der Waals surface area contributed by atoms with E-state index >= 15 is 0 Å². The first-order chi connectivity index (χ1) is 11.6. The van der Waals surface area contributed by atoms with Gasteiger partial charge < -0.3 is 14.7 Å². The number of likely N-dealkylation sites (tertiary alicyclic amines) is 1. The maximum Gasteiger partial charge on any atom is 0.254 e. The summed E-state index contributed by atoms with van der Waals surface area (Å²) >= 11 is 0. The van der Waals surface area contributed by atoms with Crippen molar-refractivity contribution in [3.8, 4) is 5.75 Å². The minimum atomic E-state index is -0.290. The van der Waals surface area contributed by atoms with Crippen molar-refractivity contribution >= 4 is 5.91 Å². The van der Waals surface area contributed by atoms with Crippen molar-refractivity contribution in [2.75, 3.05) is 6.54 Å². The van der Waals surface area contributed by atoms with Crippen LogP contribution >= 0.6 is 0 Å². The Kier molecular flexibility index (Phi) is 5.16. The van der Waals surface area contributed by atoms with Crippen molar-refractivity contribution in [1.82, 2.24) is 4.90 Å². The van der Waals surface area contributed by atoms with Crippen molar-refractivity contribution in [1.29, 1.82) is 0 Å². The van der Waals surface area contributed by atoms with Gasteiger partial charge in [-0.2, -0.15) is 0 Å². The third-order valence-corrected chi connectivity index (χ3v) is 4.46. The van der Waals surface area contributed by atoms with Crippen molar-refractivity contribution in [3.05, 3.63) is 65.7 Å². The summed E-state index contributed by atoms with van der Waals surface area (Å²) < 4.78 is 5.71. The second-order valence-corrected chi connectivity index (χ2v) is 6.32. The van der Waals surface area contributed by atoms with E-state index in [4.69, 9.17) is 4.74 Å². The molecule has 4 heteroatoms. The molecule has 4 nitrogen and oxygen atoms in total. The van der Waals surface area contributed by atoms with E-state index in [2.05, 4.69) is 0 Å². The smallest absolute Gasteiger partial charge is 0.254 e. The molecule has 2 aromatic rings. The number of hydrogen-bond acceptors (Lipinski definition) is 3. The number of piperidine rings is 1. The molecule has 1 fully saturated rings. The number of carbonyl (C=O) groups excluding carboxylic acids is 1. The summed E-state index contributed by atoms with van der Waals surface area (Å²) in [6.45, 7) is 3.08. The molecule has 2 atom stereocenters. The molecule has 3 rings (SSSR count). The molecule has 0 aliphatic carbocycles. The Morgan fingerprint density at radius 2 is 1.88 bits per heavy atom. The number of aliphatic hydroxyl groups is 1. The molecular weight excluding hydrogens is 302 g/mol. The number of benzene rings is 2.